The summed E-state index contributed by atoms with van der Waals surface area (Å²) in [6.07, 6.45) is 1.14. The van der Waals surface area contributed by atoms with E-state index in [2.05, 4.69) is 43.1 Å². The number of hydrogen-bond acceptors (Lipinski definition) is 3. The minimum absolute atomic E-state index is 0.480. The zero-order chi connectivity index (χ0) is 15.0. The van der Waals surface area contributed by atoms with Gasteiger partial charge in [-0.2, -0.15) is 0 Å². The van der Waals surface area contributed by atoms with Crippen molar-refractivity contribution in [2.75, 3.05) is 31.7 Å². The molecule has 1 aromatic rings. The van der Waals surface area contributed by atoms with Crippen molar-refractivity contribution in [2.45, 2.75) is 39.8 Å². The number of nitrogens with one attached hydrogen (secondary N) is 1. The van der Waals surface area contributed by atoms with Crippen LogP contribution in [0.3, 0.4) is 0 Å². The van der Waals surface area contributed by atoms with E-state index in [-0.39, 0.29) is 0 Å². The third-order valence-corrected chi connectivity index (χ3v) is 3.47. The molecule has 0 saturated heterocycles. The van der Waals surface area contributed by atoms with E-state index in [1.807, 2.05) is 6.07 Å². The van der Waals surface area contributed by atoms with Gasteiger partial charge in [0.15, 0.2) is 0 Å². The van der Waals surface area contributed by atoms with Gasteiger partial charge in [-0.1, -0.05) is 18.5 Å². The predicted octanol–water partition coefficient (Wildman–Crippen LogP) is 3.70. The van der Waals surface area contributed by atoms with Gasteiger partial charge in [0.05, 0.1) is 6.61 Å². The number of hydrogen-bond donors (Lipinski definition) is 1. The standard InChI is InChI=1S/C16H27ClN2O/c1-5-9-19(13(2)3)16-7-6-15(17)11-14(16)12-18-8-10-20-4/h6-7,11,13,18H,5,8-10,12H2,1-4H3. The van der Waals surface area contributed by atoms with Gasteiger partial charge in [0.1, 0.15) is 0 Å². The molecule has 1 aromatic carbocycles. The number of nitrogens with zero attached hydrogens (tertiary/aromatic N) is 1. The van der Waals surface area contributed by atoms with E-state index in [1.165, 1.54) is 11.3 Å². The maximum atomic E-state index is 6.15. The van der Waals surface area contributed by atoms with Crippen LogP contribution in [0.1, 0.15) is 32.8 Å². The Hall–Kier alpha value is -0.770. The molecule has 0 spiro atoms. The second kappa shape index (κ2) is 9.22. The lowest BCUT2D eigenvalue weighted by Crippen LogP contribution is -2.33. The molecule has 0 aliphatic carbocycles. The van der Waals surface area contributed by atoms with Crippen LogP contribution in [0.25, 0.3) is 0 Å². The molecule has 0 aliphatic rings. The van der Waals surface area contributed by atoms with Crippen LogP contribution in [0.15, 0.2) is 18.2 Å². The lowest BCUT2D eigenvalue weighted by atomic mass is 10.1. The third kappa shape index (κ3) is 5.31. The normalized spacial score (nSPS) is 11.1. The van der Waals surface area contributed by atoms with Crippen LogP contribution in [0.2, 0.25) is 5.02 Å². The third-order valence-electron chi connectivity index (χ3n) is 3.24. The van der Waals surface area contributed by atoms with E-state index in [0.29, 0.717) is 6.04 Å². The van der Waals surface area contributed by atoms with E-state index < -0.39 is 0 Å². The Morgan fingerprint density at radius 3 is 2.70 bits per heavy atom. The first-order valence-corrected chi connectivity index (χ1v) is 7.72. The summed E-state index contributed by atoms with van der Waals surface area (Å²) in [6, 6.07) is 6.64. The molecule has 0 radical (unpaired) electrons. The summed E-state index contributed by atoms with van der Waals surface area (Å²) >= 11 is 6.15. The van der Waals surface area contributed by atoms with Gasteiger partial charge in [-0.15, -0.1) is 0 Å². The van der Waals surface area contributed by atoms with Crippen molar-refractivity contribution in [2.24, 2.45) is 0 Å². The Morgan fingerprint density at radius 1 is 1.35 bits per heavy atom. The molecule has 20 heavy (non-hydrogen) atoms. The van der Waals surface area contributed by atoms with E-state index in [1.54, 1.807) is 7.11 Å². The molecule has 4 heteroatoms. The number of rotatable bonds is 9. The molecule has 0 aromatic heterocycles. The zero-order valence-corrected chi connectivity index (χ0v) is 13.8. The molecule has 114 valence electrons. The Balaban J connectivity index is 2.87. The first-order valence-electron chi connectivity index (χ1n) is 7.34. The maximum Gasteiger partial charge on any atom is 0.0587 e. The van der Waals surface area contributed by atoms with Crippen molar-refractivity contribution in [1.82, 2.24) is 5.32 Å². The van der Waals surface area contributed by atoms with Crippen molar-refractivity contribution in [3.8, 4) is 0 Å². The molecule has 0 unspecified atom stereocenters. The molecule has 0 atom stereocenters. The van der Waals surface area contributed by atoms with Gasteiger partial charge in [0.25, 0.3) is 0 Å². The Kier molecular flexibility index (Phi) is 7.97. The molecule has 3 nitrogen and oxygen atoms in total. The van der Waals surface area contributed by atoms with Gasteiger partial charge in [0.2, 0.25) is 0 Å². The average molecular weight is 299 g/mol. The fourth-order valence-electron chi connectivity index (χ4n) is 2.27. The van der Waals surface area contributed by atoms with E-state index in [0.717, 1.165) is 37.7 Å². The van der Waals surface area contributed by atoms with Crippen LogP contribution in [-0.2, 0) is 11.3 Å². The summed E-state index contributed by atoms with van der Waals surface area (Å²) in [7, 11) is 1.72. The number of methoxy groups -OCH3 is 1. The van der Waals surface area contributed by atoms with Gasteiger partial charge in [0, 0.05) is 43.5 Å². The molecule has 0 heterocycles. The van der Waals surface area contributed by atoms with Gasteiger partial charge < -0.3 is 15.0 Å². The smallest absolute Gasteiger partial charge is 0.0587 e. The lowest BCUT2D eigenvalue weighted by Gasteiger charge is -2.31. The highest BCUT2D eigenvalue weighted by molar-refractivity contribution is 6.30. The highest BCUT2D eigenvalue weighted by atomic mass is 35.5. The molecule has 0 bridgehead atoms. The maximum absolute atomic E-state index is 6.15. The summed E-state index contributed by atoms with van der Waals surface area (Å²) in [4.78, 5) is 2.43. The van der Waals surface area contributed by atoms with Gasteiger partial charge >= 0.3 is 0 Å². The van der Waals surface area contributed by atoms with Gasteiger partial charge in [-0.05, 0) is 44.0 Å². The van der Waals surface area contributed by atoms with Crippen LogP contribution >= 0.6 is 11.6 Å². The minimum atomic E-state index is 0.480. The summed E-state index contributed by atoms with van der Waals surface area (Å²) in [5.74, 6) is 0. The quantitative estimate of drug-likeness (QED) is 0.704. The van der Waals surface area contributed by atoms with Crippen LogP contribution in [-0.4, -0.2) is 32.8 Å². The summed E-state index contributed by atoms with van der Waals surface area (Å²) in [5.41, 5.74) is 2.52. The average Bonchev–Trinajstić information content (AvgIpc) is 2.41. The Morgan fingerprint density at radius 2 is 2.10 bits per heavy atom. The van der Waals surface area contributed by atoms with E-state index in [4.69, 9.17) is 16.3 Å². The first-order chi connectivity index (χ1) is 9.60. The summed E-state index contributed by atoms with van der Waals surface area (Å²) in [5, 5.41) is 4.19. The second-order valence-corrected chi connectivity index (χ2v) is 5.67. The second-order valence-electron chi connectivity index (χ2n) is 5.23. The number of anilines is 1. The summed E-state index contributed by atoms with van der Waals surface area (Å²) in [6.45, 7) is 10.1. The molecule has 0 aliphatic heterocycles. The molecule has 1 N–H and O–H groups in total. The van der Waals surface area contributed by atoms with Crippen molar-refractivity contribution >= 4 is 17.3 Å². The Bertz CT molecular complexity index is 396. The first kappa shape index (κ1) is 17.3. The van der Waals surface area contributed by atoms with Crippen molar-refractivity contribution in [3.63, 3.8) is 0 Å². The number of ether oxygens (including phenoxy) is 1. The van der Waals surface area contributed by atoms with Gasteiger partial charge in [-0.3, -0.25) is 0 Å². The topological polar surface area (TPSA) is 24.5 Å². The van der Waals surface area contributed by atoms with Crippen LogP contribution < -0.4 is 10.2 Å². The molecule has 0 fully saturated rings. The van der Waals surface area contributed by atoms with Crippen molar-refractivity contribution < 1.29 is 4.74 Å². The largest absolute Gasteiger partial charge is 0.383 e. The number of benzene rings is 1. The minimum Gasteiger partial charge on any atom is -0.383 e. The Labute approximate surface area is 128 Å². The zero-order valence-electron chi connectivity index (χ0n) is 13.1. The number of halogens is 1. The molecule has 0 saturated carbocycles. The fourth-order valence-corrected chi connectivity index (χ4v) is 2.47. The van der Waals surface area contributed by atoms with Crippen LogP contribution in [0.4, 0.5) is 5.69 Å². The van der Waals surface area contributed by atoms with Crippen LogP contribution in [0, 0.1) is 0 Å². The monoisotopic (exact) mass is 298 g/mol. The van der Waals surface area contributed by atoms with E-state index in [9.17, 15) is 0 Å². The van der Waals surface area contributed by atoms with Crippen molar-refractivity contribution in [3.05, 3.63) is 28.8 Å². The van der Waals surface area contributed by atoms with Crippen LogP contribution in [0.5, 0.6) is 0 Å². The van der Waals surface area contributed by atoms with E-state index >= 15 is 0 Å². The highest BCUT2D eigenvalue weighted by Crippen LogP contribution is 2.26. The fraction of sp³-hybridized carbons (Fsp3) is 0.625. The molecular weight excluding hydrogens is 272 g/mol. The molecule has 0 amide bonds. The lowest BCUT2D eigenvalue weighted by molar-refractivity contribution is 0.199. The highest BCUT2D eigenvalue weighted by Gasteiger charge is 2.13. The predicted molar refractivity (Wildman–Crippen MR) is 87.8 cm³/mol. The molecule has 1 rings (SSSR count). The van der Waals surface area contributed by atoms with Crippen molar-refractivity contribution in [1.29, 1.82) is 0 Å². The summed E-state index contributed by atoms with van der Waals surface area (Å²) < 4.78 is 5.06. The van der Waals surface area contributed by atoms with Gasteiger partial charge in [-0.25, -0.2) is 0 Å². The molecular formula is C16H27ClN2O. The SMILES string of the molecule is CCCN(c1ccc(Cl)cc1CNCCOC)C(C)C.